The largest absolute Gasteiger partial charge is 0.488 e. The topological polar surface area (TPSA) is 87.6 Å². The van der Waals surface area contributed by atoms with Crippen LogP contribution < -0.4 is 15.2 Å². The van der Waals surface area contributed by atoms with E-state index in [1.54, 1.807) is 6.07 Å². The molecule has 2 aliphatic heterocycles. The molecule has 0 unspecified atom stereocenters. The number of nitro benzene ring substituents is 1. The molecule has 0 bridgehead atoms. The predicted molar refractivity (Wildman–Crippen MR) is 101 cm³/mol. The predicted octanol–water partition coefficient (Wildman–Crippen LogP) is 4.13. The number of anilines is 1. The molecule has 2 heterocycles. The van der Waals surface area contributed by atoms with E-state index in [2.05, 4.69) is 19.9 Å². The second kappa shape index (κ2) is 6.86. The third-order valence-electron chi connectivity index (χ3n) is 4.48. The Balaban J connectivity index is 0.000000152. The number of benzene rings is 2. The van der Waals surface area contributed by atoms with Crippen molar-refractivity contribution in [3.8, 4) is 11.5 Å². The number of nitrogens with two attached hydrogens (primary N) is 1. The zero-order chi connectivity index (χ0) is 19.0. The number of nitro groups is 1. The van der Waals surface area contributed by atoms with Crippen molar-refractivity contribution in [2.75, 3.05) is 5.73 Å². The van der Waals surface area contributed by atoms with Crippen molar-refractivity contribution in [1.82, 2.24) is 0 Å². The van der Waals surface area contributed by atoms with Crippen molar-refractivity contribution >= 4 is 11.4 Å². The Morgan fingerprint density at radius 2 is 1.46 bits per heavy atom. The fourth-order valence-corrected chi connectivity index (χ4v) is 3.53. The minimum Gasteiger partial charge on any atom is -0.488 e. The van der Waals surface area contributed by atoms with Gasteiger partial charge in [0.05, 0.1) is 10.6 Å². The van der Waals surface area contributed by atoms with E-state index in [4.69, 9.17) is 15.2 Å². The average Bonchev–Trinajstić information content (AvgIpc) is 3.08. The summed E-state index contributed by atoms with van der Waals surface area (Å²) in [5.41, 5.74) is 11.0. The van der Waals surface area contributed by atoms with Crippen LogP contribution in [0.15, 0.2) is 24.3 Å². The zero-order valence-corrected chi connectivity index (χ0v) is 15.5. The lowest BCUT2D eigenvalue weighted by atomic mass is 10.1. The van der Waals surface area contributed by atoms with Crippen molar-refractivity contribution in [1.29, 1.82) is 0 Å². The summed E-state index contributed by atoms with van der Waals surface area (Å²) in [4.78, 5) is 10.4. The highest BCUT2D eigenvalue weighted by Gasteiger charge is 2.28. The highest BCUT2D eigenvalue weighted by Crippen LogP contribution is 2.38. The van der Waals surface area contributed by atoms with E-state index in [0.717, 1.165) is 35.4 Å². The molecule has 2 N–H and O–H groups in total. The molecule has 2 aromatic rings. The van der Waals surface area contributed by atoms with Crippen LogP contribution in [0.5, 0.6) is 11.5 Å². The van der Waals surface area contributed by atoms with Gasteiger partial charge in [-0.1, -0.05) is 12.1 Å². The molecule has 0 spiro atoms. The van der Waals surface area contributed by atoms with E-state index in [1.165, 1.54) is 11.1 Å². The van der Waals surface area contributed by atoms with E-state index in [1.807, 2.05) is 26.0 Å². The van der Waals surface area contributed by atoms with Gasteiger partial charge in [0.25, 0.3) is 0 Å². The first-order chi connectivity index (χ1) is 12.2. The number of ether oxygens (including phenoxy) is 2. The summed E-state index contributed by atoms with van der Waals surface area (Å²) in [5, 5.41) is 10.7. The molecule has 0 radical (unpaired) electrons. The van der Waals surface area contributed by atoms with E-state index in [9.17, 15) is 10.1 Å². The standard InChI is InChI=1S/C10H11NO3.C10H13NO/c1-6-3-8-5-7(2)14-10(8)9(4-6)11(12)13;1-6-3-8-5-7(2)12-10(8)9(11)4-6/h3-4,7H,5H2,1-2H3;3-4,7H,5,11H2,1-2H3/t2*7-/m00/s1. The van der Waals surface area contributed by atoms with Gasteiger partial charge >= 0.3 is 5.69 Å². The zero-order valence-electron chi connectivity index (χ0n) is 15.5. The number of hydrogen-bond acceptors (Lipinski definition) is 5. The van der Waals surface area contributed by atoms with Gasteiger partial charge in [-0.3, -0.25) is 10.1 Å². The van der Waals surface area contributed by atoms with Gasteiger partial charge in [0.15, 0.2) is 0 Å². The lowest BCUT2D eigenvalue weighted by Crippen LogP contribution is -2.05. The number of aryl methyl sites for hydroxylation is 2. The molecule has 0 saturated carbocycles. The quantitative estimate of drug-likeness (QED) is 0.471. The molecule has 6 heteroatoms. The molecular weight excluding hydrogens is 332 g/mol. The van der Waals surface area contributed by atoms with Gasteiger partial charge in [-0.15, -0.1) is 0 Å². The van der Waals surface area contributed by atoms with Gasteiger partial charge < -0.3 is 15.2 Å². The van der Waals surface area contributed by atoms with E-state index in [-0.39, 0.29) is 22.8 Å². The molecular formula is C20H24N2O4. The number of nitrogen functional groups attached to an aromatic ring is 1. The Kier molecular flexibility index (Phi) is 4.76. The number of fused-ring (bicyclic) bond motifs is 2. The fourth-order valence-electron chi connectivity index (χ4n) is 3.53. The van der Waals surface area contributed by atoms with Gasteiger partial charge in [0, 0.05) is 30.0 Å². The Labute approximate surface area is 153 Å². The van der Waals surface area contributed by atoms with Crippen molar-refractivity contribution in [2.24, 2.45) is 0 Å². The lowest BCUT2D eigenvalue weighted by molar-refractivity contribution is -0.385. The Hall–Kier alpha value is -2.76. The maximum absolute atomic E-state index is 10.7. The van der Waals surface area contributed by atoms with Crippen molar-refractivity contribution in [2.45, 2.75) is 52.7 Å². The Morgan fingerprint density at radius 3 is 2.04 bits per heavy atom. The summed E-state index contributed by atoms with van der Waals surface area (Å²) in [6, 6.07) is 7.61. The van der Waals surface area contributed by atoms with Crippen molar-refractivity contribution in [3.05, 3.63) is 56.6 Å². The molecule has 0 fully saturated rings. The highest BCUT2D eigenvalue weighted by atomic mass is 16.6. The first-order valence-corrected chi connectivity index (χ1v) is 8.74. The maximum atomic E-state index is 10.7. The number of rotatable bonds is 1. The van der Waals surface area contributed by atoms with Gasteiger partial charge in [-0.05, 0) is 44.9 Å². The van der Waals surface area contributed by atoms with Gasteiger partial charge in [-0.25, -0.2) is 0 Å². The third kappa shape index (κ3) is 3.59. The Bertz CT molecular complexity index is 863. The second-order valence-corrected chi connectivity index (χ2v) is 7.14. The molecule has 26 heavy (non-hydrogen) atoms. The molecule has 2 aromatic carbocycles. The minimum absolute atomic E-state index is 0.0468. The Morgan fingerprint density at radius 1 is 0.962 bits per heavy atom. The molecule has 2 atom stereocenters. The van der Waals surface area contributed by atoms with Gasteiger partial charge in [0.1, 0.15) is 18.0 Å². The van der Waals surface area contributed by atoms with Crippen molar-refractivity contribution < 1.29 is 14.4 Å². The second-order valence-electron chi connectivity index (χ2n) is 7.14. The fraction of sp³-hybridized carbons (Fsp3) is 0.400. The van der Waals surface area contributed by atoms with Crippen LogP contribution in [0, 0.1) is 24.0 Å². The molecule has 0 aliphatic carbocycles. The minimum atomic E-state index is -0.385. The SMILES string of the molecule is Cc1cc(N)c2c(c1)C[C@H](C)O2.Cc1cc2c(c([N+](=O)[O-])c1)O[C@@H](C)C2. The summed E-state index contributed by atoms with van der Waals surface area (Å²) >= 11 is 0. The normalized spacial score (nSPS) is 19.5. The van der Waals surface area contributed by atoms with Gasteiger partial charge in [0.2, 0.25) is 5.75 Å². The molecule has 138 valence electrons. The van der Waals surface area contributed by atoms with Crippen LogP contribution in [0.2, 0.25) is 0 Å². The molecule has 2 aliphatic rings. The molecule has 0 amide bonds. The summed E-state index contributed by atoms with van der Waals surface area (Å²) < 4.78 is 11.0. The van der Waals surface area contributed by atoms with Crippen LogP contribution >= 0.6 is 0 Å². The van der Waals surface area contributed by atoms with Crippen LogP contribution in [0.25, 0.3) is 0 Å². The van der Waals surface area contributed by atoms with E-state index in [0.29, 0.717) is 5.75 Å². The lowest BCUT2D eigenvalue weighted by Gasteiger charge is -2.05. The molecule has 6 nitrogen and oxygen atoms in total. The van der Waals surface area contributed by atoms with Gasteiger partial charge in [-0.2, -0.15) is 0 Å². The van der Waals surface area contributed by atoms with Crippen LogP contribution in [0.4, 0.5) is 11.4 Å². The smallest absolute Gasteiger partial charge is 0.311 e. The van der Waals surface area contributed by atoms with E-state index < -0.39 is 0 Å². The summed E-state index contributed by atoms with van der Waals surface area (Å²) in [5.74, 6) is 1.35. The monoisotopic (exact) mass is 356 g/mol. The van der Waals surface area contributed by atoms with Crippen LogP contribution in [0.3, 0.4) is 0 Å². The molecule has 0 saturated heterocycles. The summed E-state index contributed by atoms with van der Waals surface area (Å²) in [6.45, 7) is 7.89. The first-order valence-electron chi connectivity index (χ1n) is 8.74. The van der Waals surface area contributed by atoms with E-state index >= 15 is 0 Å². The average molecular weight is 356 g/mol. The maximum Gasteiger partial charge on any atom is 0.311 e. The third-order valence-corrected chi connectivity index (χ3v) is 4.48. The molecule has 4 rings (SSSR count). The van der Waals surface area contributed by atoms with Crippen LogP contribution in [-0.2, 0) is 12.8 Å². The number of hydrogen-bond donors (Lipinski definition) is 1. The highest BCUT2D eigenvalue weighted by molar-refractivity contribution is 5.60. The molecule has 0 aromatic heterocycles. The van der Waals surface area contributed by atoms with Crippen molar-refractivity contribution in [3.63, 3.8) is 0 Å². The first kappa shape index (κ1) is 18.0. The summed E-state index contributed by atoms with van der Waals surface area (Å²) in [6.07, 6.45) is 2.08. The number of nitrogens with zero attached hydrogens (tertiary/aromatic N) is 1. The van der Waals surface area contributed by atoms with Crippen LogP contribution in [0.1, 0.15) is 36.1 Å². The summed E-state index contributed by atoms with van der Waals surface area (Å²) in [7, 11) is 0. The van der Waals surface area contributed by atoms with Crippen LogP contribution in [-0.4, -0.2) is 17.1 Å².